The molecule has 0 saturated carbocycles. The SMILES string of the molecule is C[C@@H]1[C@@H]([Si](C)(C)F)[C@H](CC(=O)N2Cc3ccccc3C[C@H]2CO)O[C@@]12C(=O)N(Cc1ccc(N3C(=O)c4cccc5cccc3c45)cc1)c1ccccc12. The second-order valence-corrected chi connectivity index (χ2v) is 19.5. The summed E-state index contributed by atoms with van der Waals surface area (Å²) in [5.74, 6) is -1.10. The zero-order chi connectivity index (χ0) is 37.5. The summed E-state index contributed by atoms with van der Waals surface area (Å²) in [6, 6.07) is 34.4. The molecule has 1 spiro atoms. The van der Waals surface area contributed by atoms with Crippen molar-refractivity contribution in [1.82, 2.24) is 4.90 Å². The van der Waals surface area contributed by atoms with Crippen LogP contribution >= 0.6 is 0 Å². The Kier molecular flexibility index (Phi) is 8.15. The van der Waals surface area contributed by atoms with Crippen LogP contribution in [0, 0.1) is 5.92 Å². The molecule has 0 aliphatic carbocycles. The van der Waals surface area contributed by atoms with Gasteiger partial charge >= 0.3 is 0 Å². The topological polar surface area (TPSA) is 90.4 Å². The van der Waals surface area contributed by atoms with Crippen molar-refractivity contribution >= 4 is 54.0 Å². The molecule has 0 radical (unpaired) electrons. The summed E-state index contributed by atoms with van der Waals surface area (Å²) in [7, 11) is -3.50. The number of benzene rings is 5. The van der Waals surface area contributed by atoms with Crippen molar-refractivity contribution in [2.75, 3.05) is 16.4 Å². The average molecular weight is 740 g/mol. The highest BCUT2D eigenvalue weighted by molar-refractivity contribution is 6.72. The lowest BCUT2D eigenvalue weighted by Crippen LogP contribution is -2.48. The zero-order valence-corrected chi connectivity index (χ0v) is 31.5. The Morgan fingerprint density at radius 2 is 1.57 bits per heavy atom. The number of aliphatic hydroxyl groups is 1. The minimum atomic E-state index is -3.50. The van der Waals surface area contributed by atoms with E-state index in [2.05, 4.69) is 0 Å². The number of amides is 3. The van der Waals surface area contributed by atoms with Crippen LogP contribution in [-0.4, -0.2) is 54.9 Å². The Morgan fingerprint density at radius 1 is 0.889 bits per heavy atom. The van der Waals surface area contributed by atoms with Crippen molar-refractivity contribution < 1.29 is 28.3 Å². The summed E-state index contributed by atoms with van der Waals surface area (Å²) in [4.78, 5) is 47.7. The third-order valence-corrected chi connectivity index (χ3v) is 14.7. The molecule has 0 aromatic heterocycles. The van der Waals surface area contributed by atoms with Crippen molar-refractivity contribution in [1.29, 1.82) is 0 Å². The van der Waals surface area contributed by atoms with E-state index in [1.54, 1.807) is 27.8 Å². The first-order valence-electron chi connectivity index (χ1n) is 18.7. The van der Waals surface area contributed by atoms with Gasteiger partial charge in [-0.1, -0.05) is 85.8 Å². The quantitative estimate of drug-likeness (QED) is 0.136. The van der Waals surface area contributed by atoms with Crippen molar-refractivity contribution in [3.8, 4) is 0 Å². The van der Waals surface area contributed by atoms with Gasteiger partial charge in [-0.05, 0) is 71.9 Å². The first kappa shape index (κ1) is 34.6. The standard InChI is InChI=1S/C44H42FN3O5Si/c1-27-41(54(2,3)45)38(23-39(50)46-25-31-11-5-4-10-30(31)22-33(46)26-49)53-44(27)35-15-6-7-16-36(35)47(43(44)52)24-28-18-20-32(21-19-28)48-37-17-9-13-29-12-8-14-34(40(29)37)42(48)51/h4-21,27,33,38,41,49H,22-26H2,1-3H3/t27-,33+,38+,41-,44+/m1/s1. The molecule has 54 heavy (non-hydrogen) atoms. The van der Waals surface area contributed by atoms with E-state index in [9.17, 15) is 19.5 Å². The predicted molar refractivity (Wildman–Crippen MR) is 209 cm³/mol. The molecule has 0 bridgehead atoms. The Labute approximate surface area is 314 Å². The van der Waals surface area contributed by atoms with Crippen molar-refractivity contribution in [2.24, 2.45) is 5.92 Å². The van der Waals surface area contributed by atoms with Crippen LogP contribution in [0.5, 0.6) is 0 Å². The van der Waals surface area contributed by atoms with Gasteiger partial charge in [0.1, 0.15) is 0 Å². The van der Waals surface area contributed by atoms with Gasteiger partial charge in [0, 0.05) is 34.6 Å². The number of aliphatic hydroxyl groups excluding tert-OH is 1. The van der Waals surface area contributed by atoms with Crippen molar-refractivity contribution in [3.63, 3.8) is 0 Å². The number of hydrogen-bond donors (Lipinski definition) is 1. The number of nitrogens with zero attached hydrogens (tertiary/aromatic N) is 3. The third-order valence-electron chi connectivity index (χ3n) is 12.2. The molecule has 8 nitrogen and oxygen atoms in total. The molecule has 9 rings (SSSR count). The first-order chi connectivity index (χ1) is 26.0. The van der Waals surface area contributed by atoms with Gasteiger partial charge in [-0.25, -0.2) is 0 Å². The maximum absolute atomic E-state index is 16.5. The van der Waals surface area contributed by atoms with Crippen LogP contribution in [0.3, 0.4) is 0 Å². The van der Waals surface area contributed by atoms with E-state index in [0.717, 1.165) is 38.8 Å². The fraction of sp³-hybridized carbons (Fsp3) is 0.295. The van der Waals surface area contributed by atoms with Crippen LogP contribution in [0.1, 0.15) is 46.0 Å². The van der Waals surface area contributed by atoms with Gasteiger partial charge in [-0.2, -0.15) is 0 Å². The normalized spacial score (nSPS) is 24.5. The molecule has 0 unspecified atom stereocenters. The monoisotopic (exact) mass is 739 g/mol. The van der Waals surface area contributed by atoms with Crippen LogP contribution in [0.25, 0.3) is 10.8 Å². The second-order valence-electron chi connectivity index (χ2n) is 15.7. The third kappa shape index (κ3) is 5.18. The Hall–Kier alpha value is -5.16. The van der Waals surface area contributed by atoms with Crippen LogP contribution in [-0.2, 0) is 39.4 Å². The minimum absolute atomic E-state index is 0.0774. The zero-order valence-electron chi connectivity index (χ0n) is 30.5. The lowest BCUT2D eigenvalue weighted by molar-refractivity contribution is -0.151. The van der Waals surface area contributed by atoms with Gasteiger partial charge in [0.25, 0.3) is 11.8 Å². The maximum atomic E-state index is 16.5. The van der Waals surface area contributed by atoms with Crippen LogP contribution < -0.4 is 9.80 Å². The lowest BCUT2D eigenvalue weighted by Gasteiger charge is -2.37. The molecule has 5 aromatic carbocycles. The van der Waals surface area contributed by atoms with E-state index >= 15 is 4.11 Å². The van der Waals surface area contributed by atoms with Crippen molar-refractivity contribution in [3.05, 3.63) is 137 Å². The summed E-state index contributed by atoms with van der Waals surface area (Å²) in [5, 5.41) is 12.2. The van der Waals surface area contributed by atoms with E-state index in [1.807, 2.05) is 116 Å². The highest BCUT2D eigenvalue weighted by Crippen LogP contribution is 2.60. The number of para-hydroxylation sites is 1. The fourth-order valence-electron chi connectivity index (χ4n) is 9.80. The summed E-state index contributed by atoms with van der Waals surface area (Å²) in [6.07, 6.45) is -0.366. The molecule has 10 heteroatoms. The Balaban J connectivity index is 1.00. The number of carbonyl (C=O) groups is 3. The van der Waals surface area contributed by atoms with Crippen LogP contribution in [0.2, 0.25) is 18.6 Å². The van der Waals surface area contributed by atoms with Gasteiger partial charge < -0.3 is 23.8 Å². The molecule has 1 fully saturated rings. The van der Waals surface area contributed by atoms with E-state index in [4.69, 9.17) is 4.74 Å². The molecule has 1 saturated heterocycles. The fourth-order valence-corrected chi connectivity index (χ4v) is 12.3. The molecule has 1 N–H and O–H groups in total. The Bertz CT molecular complexity index is 2340. The largest absolute Gasteiger partial charge is 0.394 e. The van der Waals surface area contributed by atoms with Gasteiger partial charge in [0.2, 0.25) is 14.3 Å². The molecule has 3 amide bonds. The molecular formula is C44H42FN3O5Si. The lowest BCUT2D eigenvalue weighted by atomic mass is 9.82. The number of halogens is 1. The maximum Gasteiger partial charge on any atom is 0.264 e. The van der Waals surface area contributed by atoms with E-state index in [0.29, 0.717) is 29.8 Å². The summed E-state index contributed by atoms with van der Waals surface area (Å²) < 4.78 is 23.4. The van der Waals surface area contributed by atoms with Gasteiger partial charge in [0.15, 0.2) is 5.60 Å². The summed E-state index contributed by atoms with van der Waals surface area (Å²) in [5.41, 5.74) is 4.55. The number of hydrogen-bond acceptors (Lipinski definition) is 5. The van der Waals surface area contributed by atoms with Crippen LogP contribution in [0.4, 0.5) is 21.2 Å². The molecule has 5 aromatic rings. The molecule has 5 atom stereocenters. The second kappa shape index (κ2) is 12.7. The summed E-state index contributed by atoms with van der Waals surface area (Å²) in [6.45, 7) is 5.59. The number of anilines is 3. The minimum Gasteiger partial charge on any atom is -0.394 e. The molecule has 4 heterocycles. The smallest absolute Gasteiger partial charge is 0.264 e. The van der Waals surface area contributed by atoms with E-state index in [1.165, 1.54) is 0 Å². The molecule has 4 aliphatic rings. The molecular weight excluding hydrogens is 698 g/mol. The van der Waals surface area contributed by atoms with Gasteiger partial charge in [0.05, 0.1) is 48.7 Å². The highest BCUT2D eigenvalue weighted by Gasteiger charge is 2.67. The summed E-state index contributed by atoms with van der Waals surface area (Å²) >= 11 is 0. The highest BCUT2D eigenvalue weighted by atomic mass is 28.4. The van der Waals surface area contributed by atoms with Gasteiger partial charge in [-0.3, -0.25) is 19.3 Å². The predicted octanol–water partition coefficient (Wildman–Crippen LogP) is 7.79. The number of carbonyl (C=O) groups excluding carboxylic acids is 3. The van der Waals surface area contributed by atoms with Crippen LogP contribution in [0.15, 0.2) is 109 Å². The number of rotatable bonds is 7. The average Bonchev–Trinajstić information content (AvgIpc) is 3.73. The van der Waals surface area contributed by atoms with Crippen molar-refractivity contribution in [2.45, 2.75) is 69.2 Å². The molecule has 4 aliphatic heterocycles. The number of fused-ring (bicyclic) bond motifs is 3. The Morgan fingerprint density at radius 3 is 2.31 bits per heavy atom. The van der Waals surface area contributed by atoms with E-state index in [-0.39, 0.29) is 37.3 Å². The first-order valence-corrected chi connectivity index (χ1v) is 21.7. The number of ether oxygens (including phenoxy) is 1. The molecule has 274 valence electrons. The van der Waals surface area contributed by atoms with Gasteiger partial charge in [-0.15, -0.1) is 0 Å². The van der Waals surface area contributed by atoms with E-state index < -0.39 is 37.6 Å².